The lowest BCUT2D eigenvalue weighted by molar-refractivity contribution is 0.0498. The summed E-state index contributed by atoms with van der Waals surface area (Å²) in [7, 11) is 2.09. The Morgan fingerprint density at radius 2 is 1.69 bits per heavy atom. The Balaban J connectivity index is 1.31. The van der Waals surface area contributed by atoms with Crippen molar-refractivity contribution in [1.82, 2.24) is 19.8 Å². The molecule has 1 aromatic heterocycles. The van der Waals surface area contributed by atoms with Gasteiger partial charge in [0, 0.05) is 42.6 Å². The second-order valence-electron chi connectivity index (χ2n) is 8.66. The lowest BCUT2D eigenvalue weighted by Crippen LogP contribution is -2.49. The van der Waals surface area contributed by atoms with Gasteiger partial charge in [-0.3, -0.25) is 4.79 Å². The summed E-state index contributed by atoms with van der Waals surface area (Å²) in [6, 6.07) is 25.5. The summed E-state index contributed by atoms with van der Waals surface area (Å²) >= 11 is 0. The molecule has 1 N–H and O–H groups in total. The summed E-state index contributed by atoms with van der Waals surface area (Å²) in [4.78, 5) is 26.5. The number of aromatic nitrogens is 2. The molecule has 1 unspecified atom stereocenters. The maximum atomic E-state index is 13.4. The number of nitrogens with zero attached hydrogens (tertiary/aromatic N) is 4. The van der Waals surface area contributed by atoms with E-state index in [1.807, 2.05) is 47.4 Å². The fourth-order valence-corrected chi connectivity index (χ4v) is 4.30. The fraction of sp³-hybridized carbons (Fsp3) is 0.179. The maximum absolute atomic E-state index is 13.4. The zero-order chi connectivity index (χ0) is 24.2. The summed E-state index contributed by atoms with van der Waals surface area (Å²) in [6.45, 7) is 2.33. The first-order chi connectivity index (χ1) is 17.1. The topological polar surface area (TPSA) is 61.4 Å². The van der Waals surface area contributed by atoms with Crippen molar-refractivity contribution in [2.75, 3.05) is 32.0 Å². The van der Waals surface area contributed by atoms with Crippen molar-refractivity contribution < 1.29 is 9.18 Å². The van der Waals surface area contributed by atoms with E-state index in [-0.39, 0.29) is 17.8 Å². The minimum Gasteiger partial charge on any atom is -0.340 e. The Bertz CT molecular complexity index is 1300. The number of carbonyl (C=O) groups excluding carboxylic acids is 1. The number of piperazine rings is 1. The molecule has 1 amide bonds. The normalized spacial score (nSPS) is 16.2. The highest BCUT2D eigenvalue weighted by atomic mass is 19.1. The predicted molar refractivity (Wildman–Crippen MR) is 135 cm³/mol. The third-order valence-electron chi connectivity index (χ3n) is 6.19. The molecule has 3 aromatic carbocycles. The number of hydrogen-bond acceptors (Lipinski definition) is 5. The monoisotopic (exact) mass is 467 g/mol. The summed E-state index contributed by atoms with van der Waals surface area (Å²) in [5.74, 6) is 0.842. The molecule has 2 heterocycles. The Kier molecular flexibility index (Phi) is 6.50. The van der Waals surface area contributed by atoms with Crippen LogP contribution in [-0.4, -0.2) is 52.4 Å². The van der Waals surface area contributed by atoms with E-state index in [0.29, 0.717) is 23.8 Å². The van der Waals surface area contributed by atoms with Crippen LogP contribution in [0.4, 0.5) is 15.9 Å². The van der Waals surface area contributed by atoms with Gasteiger partial charge in [-0.2, -0.15) is 0 Å². The largest absolute Gasteiger partial charge is 0.340 e. The highest BCUT2D eigenvalue weighted by molar-refractivity contribution is 5.95. The van der Waals surface area contributed by atoms with E-state index < -0.39 is 0 Å². The Morgan fingerprint density at radius 3 is 2.43 bits per heavy atom. The minimum atomic E-state index is -0.302. The van der Waals surface area contributed by atoms with Crippen LogP contribution in [0.25, 0.3) is 11.4 Å². The number of halogens is 1. The van der Waals surface area contributed by atoms with Gasteiger partial charge in [0.25, 0.3) is 5.91 Å². The molecule has 5 rings (SSSR count). The summed E-state index contributed by atoms with van der Waals surface area (Å²) in [6.07, 6.45) is 1.66. The Hall–Kier alpha value is -4.10. The summed E-state index contributed by atoms with van der Waals surface area (Å²) < 4.78 is 13.2. The molecule has 0 bridgehead atoms. The molecule has 7 heteroatoms. The number of anilines is 2. The van der Waals surface area contributed by atoms with E-state index in [0.717, 1.165) is 29.9 Å². The molecule has 0 spiro atoms. The number of nitrogens with one attached hydrogen (secondary N) is 1. The van der Waals surface area contributed by atoms with Crippen LogP contribution in [0.15, 0.2) is 91.1 Å². The smallest absolute Gasteiger partial charge is 0.254 e. The van der Waals surface area contributed by atoms with Crippen molar-refractivity contribution in [2.45, 2.75) is 6.04 Å². The van der Waals surface area contributed by atoms with E-state index in [9.17, 15) is 9.18 Å². The lowest BCUT2D eigenvalue weighted by atomic mass is 10.0. The number of benzene rings is 3. The van der Waals surface area contributed by atoms with Crippen molar-refractivity contribution in [3.05, 3.63) is 108 Å². The molecule has 176 valence electrons. The van der Waals surface area contributed by atoms with Crippen molar-refractivity contribution >= 4 is 17.4 Å². The number of likely N-dealkylation sites (N-methyl/N-ethyl adjacent to an activating group) is 1. The molecule has 4 aromatic rings. The SMILES string of the molecule is CN1CCN(C(=O)c2ccc(Nc3ccnc(-c4ccc(F)cc4)n3)cc2)C(c2ccccc2)C1. The lowest BCUT2D eigenvalue weighted by Gasteiger charge is -2.40. The van der Waals surface area contributed by atoms with Crippen LogP contribution < -0.4 is 5.32 Å². The van der Waals surface area contributed by atoms with Crippen molar-refractivity contribution in [1.29, 1.82) is 0 Å². The first kappa shape index (κ1) is 22.7. The highest BCUT2D eigenvalue weighted by Crippen LogP contribution is 2.27. The Labute approximate surface area is 204 Å². The molecule has 1 aliphatic heterocycles. The van der Waals surface area contributed by atoms with Crippen LogP contribution >= 0.6 is 0 Å². The number of amides is 1. The van der Waals surface area contributed by atoms with Gasteiger partial charge in [-0.05, 0) is 67.2 Å². The van der Waals surface area contributed by atoms with Gasteiger partial charge in [0.15, 0.2) is 5.82 Å². The fourth-order valence-electron chi connectivity index (χ4n) is 4.30. The van der Waals surface area contributed by atoms with Gasteiger partial charge in [0.2, 0.25) is 0 Å². The quantitative estimate of drug-likeness (QED) is 0.440. The van der Waals surface area contributed by atoms with E-state index in [2.05, 4.69) is 39.4 Å². The first-order valence-electron chi connectivity index (χ1n) is 11.6. The molecule has 0 saturated carbocycles. The second kappa shape index (κ2) is 10.0. The molecule has 0 aliphatic carbocycles. The van der Waals surface area contributed by atoms with Gasteiger partial charge in [-0.15, -0.1) is 0 Å². The molecule has 6 nitrogen and oxygen atoms in total. The van der Waals surface area contributed by atoms with E-state index in [1.54, 1.807) is 24.4 Å². The maximum Gasteiger partial charge on any atom is 0.254 e. The molecule has 1 saturated heterocycles. The van der Waals surface area contributed by atoms with Crippen LogP contribution in [0.5, 0.6) is 0 Å². The van der Waals surface area contributed by atoms with Crippen LogP contribution in [0.1, 0.15) is 22.0 Å². The standard InChI is InChI=1S/C28H26FN5O/c1-33-17-18-34(25(19-33)20-5-3-2-4-6-20)28(35)22-9-13-24(14-10-22)31-26-15-16-30-27(32-26)21-7-11-23(29)12-8-21/h2-16,25H,17-19H2,1H3,(H,30,31,32). The van der Waals surface area contributed by atoms with Gasteiger partial charge in [-0.25, -0.2) is 14.4 Å². The summed E-state index contributed by atoms with van der Waals surface area (Å²) in [5.41, 5.74) is 3.33. The van der Waals surface area contributed by atoms with E-state index in [4.69, 9.17) is 0 Å². The third-order valence-corrected chi connectivity index (χ3v) is 6.19. The van der Waals surface area contributed by atoms with Gasteiger partial charge < -0.3 is 15.1 Å². The van der Waals surface area contributed by atoms with E-state index >= 15 is 0 Å². The van der Waals surface area contributed by atoms with Gasteiger partial charge in [-0.1, -0.05) is 30.3 Å². The molecular formula is C28H26FN5O. The average molecular weight is 468 g/mol. The Morgan fingerprint density at radius 1 is 0.943 bits per heavy atom. The molecular weight excluding hydrogens is 441 g/mol. The molecule has 35 heavy (non-hydrogen) atoms. The zero-order valence-corrected chi connectivity index (χ0v) is 19.4. The van der Waals surface area contributed by atoms with E-state index in [1.165, 1.54) is 12.1 Å². The molecule has 1 aliphatic rings. The zero-order valence-electron chi connectivity index (χ0n) is 19.4. The number of hydrogen-bond donors (Lipinski definition) is 1. The number of rotatable bonds is 5. The highest BCUT2D eigenvalue weighted by Gasteiger charge is 2.30. The van der Waals surface area contributed by atoms with Crippen molar-refractivity contribution in [3.8, 4) is 11.4 Å². The van der Waals surface area contributed by atoms with Gasteiger partial charge >= 0.3 is 0 Å². The van der Waals surface area contributed by atoms with Crippen molar-refractivity contribution in [2.24, 2.45) is 0 Å². The third kappa shape index (κ3) is 5.20. The molecule has 0 radical (unpaired) electrons. The first-order valence-corrected chi connectivity index (χ1v) is 11.6. The van der Waals surface area contributed by atoms with Crippen molar-refractivity contribution in [3.63, 3.8) is 0 Å². The van der Waals surface area contributed by atoms with Gasteiger partial charge in [0.05, 0.1) is 6.04 Å². The summed E-state index contributed by atoms with van der Waals surface area (Å²) in [5, 5.41) is 3.25. The predicted octanol–water partition coefficient (Wildman–Crippen LogP) is 5.16. The van der Waals surface area contributed by atoms with Gasteiger partial charge in [0.1, 0.15) is 11.6 Å². The average Bonchev–Trinajstić information content (AvgIpc) is 2.90. The second-order valence-corrected chi connectivity index (χ2v) is 8.66. The number of carbonyl (C=O) groups is 1. The molecule has 1 fully saturated rings. The van der Waals surface area contributed by atoms with Crippen LogP contribution in [0.3, 0.4) is 0 Å². The van der Waals surface area contributed by atoms with Crippen LogP contribution in [0.2, 0.25) is 0 Å². The molecule has 1 atom stereocenters. The van der Waals surface area contributed by atoms with Crippen LogP contribution in [0, 0.1) is 5.82 Å². The minimum absolute atomic E-state index is 0.0196. The van der Waals surface area contributed by atoms with Crippen LogP contribution in [-0.2, 0) is 0 Å².